The van der Waals surface area contributed by atoms with Gasteiger partial charge >= 0.3 is 13.2 Å². The predicted octanol–water partition coefficient (Wildman–Crippen LogP) is 2.57. The number of carbonyl (C=O) groups is 1. The van der Waals surface area contributed by atoms with Gasteiger partial charge < -0.3 is 23.9 Å². The van der Waals surface area contributed by atoms with Crippen molar-refractivity contribution >= 4 is 29.7 Å². The van der Waals surface area contributed by atoms with E-state index in [0.29, 0.717) is 13.1 Å². The first-order valence-corrected chi connectivity index (χ1v) is 9.41. The van der Waals surface area contributed by atoms with Gasteiger partial charge in [0.05, 0.1) is 28.3 Å². The Morgan fingerprint density at radius 1 is 1.26 bits per heavy atom. The third-order valence-electron chi connectivity index (χ3n) is 6.21. The van der Waals surface area contributed by atoms with Gasteiger partial charge in [0.15, 0.2) is 0 Å². The monoisotopic (exact) mass is 371 g/mol. The van der Waals surface area contributed by atoms with E-state index in [1.165, 1.54) is 4.90 Å². The van der Waals surface area contributed by atoms with E-state index in [9.17, 15) is 9.90 Å². The third kappa shape index (κ3) is 2.91. The minimum Gasteiger partial charge on any atom is -0.465 e. The molecule has 144 valence electrons. The molecule has 8 heteroatoms. The Morgan fingerprint density at radius 3 is 2.52 bits per heavy atom. The lowest BCUT2D eigenvalue weighted by atomic mass is 9.79. The Bertz CT molecular complexity index is 892. The smallest absolute Gasteiger partial charge is 0.465 e. The Labute approximate surface area is 159 Å². The molecule has 1 amide bonds. The first-order chi connectivity index (χ1) is 12.6. The van der Waals surface area contributed by atoms with E-state index < -0.39 is 24.4 Å². The molecule has 1 aromatic carbocycles. The van der Waals surface area contributed by atoms with Crippen LogP contribution >= 0.6 is 0 Å². The number of aromatic nitrogens is 2. The van der Waals surface area contributed by atoms with E-state index >= 15 is 0 Å². The highest BCUT2D eigenvalue weighted by atomic mass is 16.7. The van der Waals surface area contributed by atoms with Crippen molar-refractivity contribution in [1.29, 1.82) is 0 Å². The van der Waals surface area contributed by atoms with Crippen molar-refractivity contribution < 1.29 is 19.2 Å². The largest absolute Gasteiger partial charge is 0.494 e. The summed E-state index contributed by atoms with van der Waals surface area (Å²) in [7, 11) is -0.429. The number of likely N-dealkylation sites (tertiary alicyclic amines) is 1. The van der Waals surface area contributed by atoms with Crippen LogP contribution in [0.5, 0.6) is 0 Å². The summed E-state index contributed by atoms with van der Waals surface area (Å²) in [6, 6.07) is 6.16. The van der Waals surface area contributed by atoms with Gasteiger partial charge in [-0.05, 0) is 58.6 Å². The van der Waals surface area contributed by atoms with Gasteiger partial charge in [0.1, 0.15) is 5.82 Å². The van der Waals surface area contributed by atoms with Gasteiger partial charge in [-0.3, -0.25) is 0 Å². The van der Waals surface area contributed by atoms with Gasteiger partial charge in [-0.15, -0.1) is 0 Å². The number of imidazole rings is 1. The summed E-state index contributed by atoms with van der Waals surface area (Å²) >= 11 is 0. The molecule has 2 aliphatic rings. The molecule has 0 aliphatic carbocycles. The fraction of sp³-hybridized carbons (Fsp3) is 0.579. The minimum absolute atomic E-state index is 0.0969. The minimum atomic E-state index is -0.863. The molecule has 7 nitrogen and oxygen atoms in total. The Morgan fingerprint density at radius 2 is 1.93 bits per heavy atom. The standard InChI is InChI=1S/C19H26BN3O4/c1-12-21-15-7-6-13(20-26-18(2,3)19(4,5)27-20)10-16(15)23(12)14-8-9-22(11-14)17(24)25/h6-7,10,14H,8-9,11H2,1-5H3,(H,24,25). The van der Waals surface area contributed by atoms with Crippen LogP contribution in [0.1, 0.15) is 46.0 Å². The van der Waals surface area contributed by atoms with Gasteiger partial charge in [0, 0.05) is 13.1 Å². The Balaban J connectivity index is 1.70. The summed E-state index contributed by atoms with van der Waals surface area (Å²) in [6.45, 7) is 11.2. The fourth-order valence-electron chi connectivity index (χ4n) is 3.94. The molecule has 0 saturated carbocycles. The molecule has 2 aliphatic heterocycles. The molecule has 1 unspecified atom stereocenters. The van der Waals surface area contributed by atoms with Crippen LogP contribution in [-0.2, 0) is 9.31 Å². The number of hydrogen-bond acceptors (Lipinski definition) is 4. The molecule has 0 bridgehead atoms. The van der Waals surface area contributed by atoms with Crippen LogP contribution < -0.4 is 5.46 Å². The summed E-state index contributed by atoms with van der Waals surface area (Å²) in [5, 5.41) is 9.26. The van der Waals surface area contributed by atoms with E-state index in [-0.39, 0.29) is 6.04 Å². The average molecular weight is 371 g/mol. The zero-order valence-corrected chi connectivity index (χ0v) is 16.5. The molecule has 2 fully saturated rings. The number of rotatable bonds is 2. The number of carboxylic acid groups (broad SMARTS) is 1. The maximum atomic E-state index is 11.3. The highest BCUT2D eigenvalue weighted by molar-refractivity contribution is 6.62. The van der Waals surface area contributed by atoms with Gasteiger partial charge in [-0.25, -0.2) is 9.78 Å². The number of hydrogen-bond donors (Lipinski definition) is 1. The Kier molecular flexibility index (Phi) is 4.05. The third-order valence-corrected chi connectivity index (χ3v) is 6.21. The van der Waals surface area contributed by atoms with Crippen LogP contribution in [-0.4, -0.2) is 57.1 Å². The van der Waals surface area contributed by atoms with Crippen LogP contribution in [0.4, 0.5) is 4.79 Å². The van der Waals surface area contributed by atoms with Crippen molar-refractivity contribution in [3.63, 3.8) is 0 Å². The molecule has 0 radical (unpaired) electrons. The first kappa shape index (κ1) is 18.3. The van der Waals surface area contributed by atoms with Crippen LogP contribution in [0.15, 0.2) is 18.2 Å². The lowest BCUT2D eigenvalue weighted by Crippen LogP contribution is -2.41. The second-order valence-corrected chi connectivity index (χ2v) is 8.54. The lowest BCUT2D eigenvalue weighted by Gasteiger charge is -2.32. The maximum absolute atomic E-state index is 11.3. The van der Waals surface area contributed by atoms with Gasteiger partial charge in [0.25, 0.3) is 0 Å². The van der Waals surface area contributed by atoms with Crippen LogP contribution in [0.3, 0.4) is 0 Å². The highest BCUT2D eigenvalue weighted by Gasteiger charge is 2.51. The van der Waals surface area contributed by atoms with Crippen LogP contribution in [0.2, 0.25) is 0 Å². The molecule has 1 N–H and O–H groups in total. The predicted molar refractivity (Wildman–Crippen MR) is 103 cm³/mol. The normalized spacial score (nSPS) is 24.1. The van der Waals surface area contributed by atoms with Crippen molar-refractivity contribution in [1.82, 2.24) is 14.5 Å². The van der Waals surface area contributed by atoms with E-state index in [1.807, 2.05) is 46.8 Å². The molecule has 4 rings (SSSR count). The van der Waals surface area contributed by atoms with Gasteiger partial charge in [-0.2, -0.15) is 0 Å². The molecule has 2 aromatic rings. The van der Waals surface area contributed by atoms with Crippen LogP contribution in [0, 0.1) is 6.92 Å². The molecule has 1 aromatic heterocycles. The van der Waals surface area contributed by atoms with Gasteiger partial charge in [0.2, 0.25) is 0 Å². The topological polar surface area (TPSA) is 76.8 Å². The molecule has 2 saturated heterocycles. The molecular formula is C19H26BN3O4. The number of fused-ring (bicyclic) bond motifs is 1. The van der Waals surface area contributed by atoms with E-state index in [4.69, 9.17) is 9.31 Å². The summed E-state index contributed by atoms with van der Waals surface area (Å²) in [5.41, 5.74) is 2.07. The van der Waals surface area contributed by atoms with Crippen molar-refractivity contribution in [3.8, 4) is 0 Å². The fourth-order valence-corrected chi connectivity index (χ4v) is 3.94. The molecule has 0 spiro atoms. The molecule has 1 atom stereocenters. The second-order valence-electron chi connectivity index (χ2n) is 8.54. The van der Waals surface area contributed by atoms with E-state index in [0.717, 1.165) is 28.7 Å². The van der Waals surface area contributed by atoms with Crippen molar-refractivity contribution in [2.75, 3.05) is 13.1 Å². The molecule has 27 heavy (non-hydrogen) atoms. The SMILES string of the molecule is Cc1nc2ccc(B3OC(C)(C)C(C)(C)O3)cc2n1C1CCN(C(=O)O)C1. The van der Waals surface area contributed by atoms with Crippen molar-refractivity contribution in [2.24, 2.45) is 0 Å². The number of benzene rings is 1. The van der Waals surface area contributed by atoms with Crippen molar-refractivity contribution in [2.45, 2.75) is 58.3 Å². The first-order valence-electron chi connectivity index (χ1n) is 9.41. The lowest BCUT2D eigenvalue weighted by molar-refractivity contribution is 0.00578. The average Bonchev–Trinajstić information content (AvgIpc) is 3.21. The second kappa shape index (κ2) is 5.97. The summed E-state index contributed by atoms with van der Waals surface area (Å²) in [6.07, 6.45) is -0.0725. The molecular weight excluding hydrogens is 345 g/mol. The van der Waals surface area contributed by atoms with Gasteiger partial charge in [-0.1, -0.05) is 6.07 Å². The number of nitrogens with zero attached hydrogens (tertiary/aromatic N) is 3. The van der Waals surface area contributed by atoms with Crippen molar-refractivity contribution in [3.05, 3.63) is 24.0 Å². The summed E-state index contributed by atoms with van der Waals surface area (Å²) in [4.78, 5) is 17.4. The van der Waals surface area contributed by atoms with Crippen LogP contribution in [0.25, 0.3) is 11.0 Å². The zero-order valence-electron chi connectivity index (χ0n) is 16.5. The molecule has 3 heterocycles. The van der Waals surface area contributed by atoms with E-state index in [1.54, 1.807) is 0 Å². The maximum Gasteiger partial charge on any atom is 0.494 e. The number of amides is 1. The highest BCUT2D eigenvalue weighted by Crippen LogP contribution is 2.37. The summed E-state index contributed by atoms with van der Waals surface area (Å²) in [5.74, 6) is 0.897. The number of aryl methyl sites for hydroxylation is 1. The summed E-state index contributed by atoms with van der Waals surface area (Å²) < 4.78 is 14.5. The van der Waals surface area contributed by atoms with E-state index in [2.05, 4.69) is 15.6 Å². The Hall–Kier alpha value is -2.06. The zero-order chi connectivity index (χ0) is 19.6. The quantitative estimate of drug-likeness (QED) is 0.822.